The maximum Gasteiger partial charge on any atom is 0.265 e. The van der Waals surface area contributed by atoms with Gasteiger partial charge < -0.3 is 10.2 Å². The molecule has 2 aromatic carbocycles. The second-order valence-electron chi connectivity index (χ2n) is 6.70. The van der Waals surface area contributed by atoms with Crippen molar-refractivity contribution in [2.24, 2.45) is 0 Å². The molecular weight excluding hydrogens is 432 g/mol. The van der Waals surface area contributed by atoms with Crippen molar-refractivity contribution in [3.05, 3.63) is 46.4 Å². The molecule has 0 radical (unpaired) electrons. The van der Waals surface area contributed by atoms with Crippen LogP contribution in [-0.2, 0) is 15.4 Å². The molecule has 6 nitrogen and oxygen atoms in total. The summed E-state index contributed by atoms with van der Waals surface area (Å²) < 4.78 is 28.2. The average molecular weight is 451 g/mol. The van der Waals surface area contributed by atoms with Crippen LogP contribution in [0, 0.1) is 11.3 Å². The molecule has 0 aromatic heterocycles. The van der Waals surface area contributed by atoms with Crippen molar-refractivity contribution in [2.75, 3.05) is 4.72 Å². The minimum Gasteiger partial charge on any atom is -0.507 e. The summed E-state index contributed by atoms with van der Waals surface area (Å²) in [4.78, 5) is -0.311. The topological polar surface area (TPSA) is 110 Å². The van der Waals surface area contributed by atoms with Crippen molar-refractivity contribution in [1.82, 2.24) is 0 Å². The van der Waals surface area contributed by atoms with Crippen molar-refractivity contribution in [3.63, 3.8) is 0 Å². The monoisotopic (exact) mass is 450 g/mol. The van der Waals surface area contributed by atoms with Gasteiger partial charge in [0.2, 0.25) is 0 Å². The lowest BCUT2D eigenvalue weighted by Gasteiger charge is -2.31. The van der Waals surface area contributed by atoms with Crippen molar-refractivity contribution in [2.45, 2.75) is 42.4 Å². The molecule has 0 amide bonds. The normalized spacial score (nSPS) is 16.4. The molecule has 1 fully saturated rings. The summed E-state index contributed by atoms with van der Waals surface area (Å²) >= 11 is 3.18. The van der Waals surface area contributed by atoms with E-state index in [9.17, 15) is 23.9 Å². The SMILES string of the molecule is N#CC1(c2ccc(O)c(NS(=O)(=O)c3cc(Br)ccc3O)c2)CCCCC1. The average Bonchev–Trinajstić information content (AvgIpc) is 2.65. The summed E-state index contributed by atoms with van der Waals surface area (Å²) in [5.41, 5.74) is -0.0184. The summed E-state index contributed by atoms with van der Waals surface area (Å²) in [5, 5.41) is 29.8. The summed E-state index contributed by atoms with van der Waals surface area (Å²) in [5.74, 6) is -0.650. The second kappa shape index (κ2) is 7.41. The fourth-order valence-corrected chi connectivity index (χ4v) is 5.14. The highest BCUT2D eigenvalue weighted by Gasteiger charge is 2.34. The third-order valence-electron chi connectivity index (χ3n) is 4.93. The molecule has 1 aliphatic carbocycles. The van der Waals surface area contributed by atoms with E-state index in [2.05, 4.69) is 26.7 Å². The molecular formula is C19H19BrN2O4S. The maximum absolute atomic E-state index is 12.7. The van der Waals surface area contributed by atoms with Crippen molar-refractivity contribution in [3.8, 4) is 17.6 Å². The lowest BCUT2D eigenvalue weighted by atomic mass is 9.70. The Hall–Kier alpha value is -2.24. The van der Waals surface area contributed by atoms with E-state index in [-0.39, 0.29) is 16.3 Å². The minimum absolute atomic E-state index is 0.0212. The van der Waals surface area contributed by atoms with Gasteiger partial charge in [-0.15, -0.1) is 0 Å². The van der Waals surface area contributed by atoms with Crippen LogP contribution in [0.1, 0.15) is 37.7 Å². The van der Waals surface area contributed by atoms with Crippen LogP contribution < -0.4 is 4.72 Å². The molecule has 8 heteroatoms. The van der Waals surface area contributed by atoms with Gasteiger partial charge in [0.1, 0.15) is 16.4 Å². The fourth-order valence-electron chi connectivity index (χ4n) is 3.44. The van der Waals surface area contributed by atoms with Crippen LogP contribution >= 0.6 is 15.9 Å². The lowest BCUT2D eigenvalue weighted by Crippen LogP contribution is -2.27. The first-order valence-corrected chi connectivity index (χ1v) is 10.8. The zero-order valence-electron chi connectivity index (χ0n) is 14.4. The quantitative estimate of drug-likeness (QED) is 0.598. The second-order valence-corrected chi connectivity index (χ2v) is 9.27. The number of phenols is 2. The summed E-state index contributed by atoms with van der Waals surface area (Å²) in [6.07, 6.45) is 4.34. The van der Waals surface area contributed by atoms with Crippen molar-refractivity contribution < 1.29 is 18.6 Å². The molecule has 0 spiro atoms. The molecule has 2 aromatic rings. The van der Waals surface area contributed by atoms with Gasteiger partial charge in [-0.05, 0) is 48.7 Å². The van der Waals surface area contributed by atoms with Crippen LogP contribution in [0.2, 0.25) is 0 Å². The van der Waals surface area contributed by atoms with Crippen LogP contribution in [0.15, 0.2) is 45.8 Å². The third-order valence-corrected chi connectivity index (χ3v) is 6.81. The first kappa shape index (κ1) is 19.5. The number of rotatable bonds is 4. The molecule has 0 atom stereocenters. The van der Waals surface area contributed by atoms with Crippen LogP contribution in [-0.4, -0.2) is 18.6 Å². The molecule has 0 saturated heterocycles. The Morgan fingerprint density at radius 2 is 1.70 bits per heavy atom. The number of nitrogens with zero attached hydrogens (tertiary/aromatic N) is 1. The molecule has 3 N–H and O–H groups in total. The van der Waals surface area contributed by atoms with Crippen LogP contribution in [0.5, 0.6) is 11.5 Å². The molecule has 1 aliphatic rings. The van der Waals surface area contributed by atoms with E-state index in [1.54, 1.807) is 6.07 Å². The van der Waals surface area contributed by atoms with Crippen LogP contribution in [0.25, 0.3) is 0 Å². The number of aromatic hydroxyl groups is 2. The van der Waals surface area contributed by atoms with E-state index in [0.29, 0.717) is 22.9 Å². The molecule has 0 heterocycles. The van der Waals surface area contributed by atoms with E-state index in [1.165, 1.54) is 30.3 Å². The Balaban J connectivity index is 2.00. The summed E-state index contributed by atoms with van der Waals surface area (Å²) in [7, 11) is -4.14. The van der Waals surface area contributed by atoms with Gasteiger partial charge in [0, 0.05) is 4.47 Å². The highest BCUT2D eigenvalue weighted by Crippen LogP contribution is 2.41. The standard InChI is InChI=1S/C19H19BrN2O4S/c20-14-5-7-17(24)18(11-14)27(25,26)22-15-10-13(4-6-16(15)23)19(12-21)8-2-1-3-9-19/h4-7,10-11,22-24H,1-3,8-9H2. The van der Waals surface area contributed by atoms with E-state index < -0.39 is 21.2 Å². The number of nitriles is 1. The number of hydrogen-bond acceptors (Lipinski definition) is 5. The Morgan fingerprint density at radius 1 is 1.04 bits per heavy atom. The number of benzene rings is 2. The Kier molecular flexibility index (Phi) is 5.36. The number of sulfonamides is 1. The summed E-state index contributed by atoms with van der Waals surface area (Å²) in [6.45, 7) is 0. The number of halogens is 1. The van der Waals surface area contributed by atoms with Gasteiger partial charge in [-0.2, -0.15) is 5.26 Å². The zero-order chi connectivity index (χ0) is 19.7. The number of nitrogens with one attached hydrogen (secondary N) is 1. The van der Waals surface area contributed by atoms with Crippen LogP contribution in [0.4, 0.5) is 5.69 Å². The lowest BCUT2D eigenvalue weighted by molar-refractivity contribution is 0.365. The number of anilines is 1. The predicted octanol–water partition coefficient (Wildman–Crippen LogP) is 4.39. The molecule has 0 aliphatic heterocycles. The molecule has 3 rings (SSSR count). The van der Waals surface area contributed by atoms with E-state index in [0.717, 1.165) is 19.3 Å². The van der Waals surface area contributed by atoms with E-state index >= 15 is 0 Å². The van der Waals surface area contributed by atoms with Crippen molar-refractivity contribution >= 4 is 31.6 Å². The maximum atomic E-state index is 12.7. The van der Waals surface area contributed by atoms with Gasteiger partial charge in [-0.3, -0.25) is 4.72 Å². The smallest absolute Gasteiger partial charge is 0.265 e. The minimum atomic E-state index is -4.14. The Morgan fingerprint density at radius 3 is 2.37 bits per heavy atom. The largest absolute Gasteiger partial charge is 0.507 e. The van der Waals surface area contributed by atoms with Gasteiger partial charge in [0.15, 0.2) is 0 Å². The number of hydrogen-bond donors (Lipinski definition) is 3. The highest BCUT2D eigenvalue weighted by atomic mass is 79.9. The van der Waals surface area contributed by atoms with Gasteiger partial charge >= 0.3 is 0 Å². The van der Waals surface area contributed by atoms with E-state index in [4.69, 9.17) is 0 Å². The fraction of sp³-hybridized carbons (Fsp3) is 0.316. The molecule has 27 heavy (non-hydrogen) atoms. The van der Waals surface area contributed by atoms with Gasteiger partial charge in [0.05, 0.1) is 17.2 Å². The molecule has 0 unspecified atom stereocenters. The molecule has 142 valence electrons. The van der Waals surface area contributed by atoms with Crippen molar-refractivity contribution in [1.29, 1.82) is 5.26 Å². The first-order chi connectivity index (χ1) is 12.8. The Bertz CT molecular complexity index is 1010. The number of phenolic OH excluding ortho intramolecular Hbond substituents is 2. The van der Waals surface area contributed by atoms with Crippen LogP contribution in [0.3, 0.4) is 0 Å². The molecule has 1 saturated carbocycles. The Labute approximate surface area is 166 Å². The third kappa shape index (κ3) is 3.89. The molecule has 0 bridgehead atoms. The van der Waals surface area contributed by atoms with Gasteiger partial charge in [0.25, 0.3) is 10.0 Å². The van der Waals surface area contributed by atoms with Gasteiger partial charge in [-0.25, -0.2) is 8.42 Å². The van der Waals surface area contributed by atoms with E-state index in [1.807, 2.05) is 0 Å². The predicted molar refractivity (Wildman–Crippen MR) is 105 cm³/mol. The zero-order valence-corrected chi connectivity index (χ0v) is 16.8. The summed E-state index contributed by atoms with van der Waals surface area (Å²) in [6, 6.07) is 11.0. The highest BCUT2D eigenvalue weighted by molar-refractivity contribution is 9.10. The first-order valence-electron chi connectivity index (χ1n) is 8.53. The van der Waals surface area contributed by atoms with Gasteiger partial charge in [-0.1, -0.05) is 41.3 Å².